The van der Waals surface area contributed by atoms with Crippen LogP contribution in [0.25, 0.3) is 11.1 Å². The van der Waals surface area contributed by atoms with Gasteiger partial charge in [0.25, 0.3) is 0 Å². The lowest BCUT2D eigenvalue weighted by atomic mass is 9.98. The number of hydrogen-bond acceptors (Lipinski definition) is 5. The number of rotatable bonds is 8. The highest BCUT2D eigenvalue weighted by Crippen LogP contribution is 2.44. The molecule has 4 rings (SSSR count). The van der Waals surface area contributed by atoms with Gasteiger partial charge >= 0.3 is 12.1 Å². The third-order valence-corrected chi connectivity index (χ3v) is 5.93. The summed E-state index contributed by atoms with van der Waals surface area (Å²) >= 11 is 0. The van der Waals surface area contributed by atoms with Gasteiger partial charge in [0.05, 0.1) is 0 Å². The van der Waals surface area contributed by atoms with Crippen molar-refractivity contribution in [1.29, 1.82) is 0 Å². The Morgan fingerprint density at radius 3 is 2.20 bits per heavy atom. The number of anilines is 1. The molecular formula is C27H26N2O6. The van der Waals surface area contributed by atoms with Gasteiger partial charge < -0.3 is 25.6 Å². The van der Waals surface area contributed by atoms with E-state index in [1.165, 1.54) is 12.1 Å². The van der Waals surface area contributed by atoms with Crippen molar-refractivity contribution in [1.82, 2.24) is 5.32 Å². The summed E-state index contributed by atoms with van der Waals surface area (Å²) in [5.74, 6) is -1.86. The Morgan fingerprint density at radius 1 is 0.971 bits per heavy atom. The molecule has 0 aromatic heterocycles. The molecule has 0 bridgehead atoms. The first kappa shape index (κ1) is 23.8. The molecule has 180 valence electrons. The molecule has 1 aliphatic carbocycles. The molecule has 3 aromatic carbocycles. The fourth-order valence-corrected chi connectivity index (χ4v) is 4.38. The van der Waals surface area contributed by atoms with Crippen LogP contribution in [0.3, 0.4) is 0 Å². The van der Waals surface area contributed by atoms with Crippen molar-refractivity contribution in [2.45, 2.75) is 31.7 Å². The highest BCUT2D eigenvalue weighted by molar-refractivity contribution is 5.97. The van der Waals surface area contributed by atoms with E-state index < -0.39 is 24.0 Å². The molecule has 35 heavy (non-hydrogen) atoms. The van der Waals surface area contributed by atoms with Gasteiger partial charge in [-0.15, -0.1) is 0 Å². The lowest BCUT2D eigenvalue weighted by molar-refractivity contribution is -0.137. The molecule has 2 amide bonds. The van der Waals surface area contributed by atoms with Crippen LogP contribution in [0.15, 0.2) is 66.7 Å². The number of carbonyl (C=O) groups is 3. The molecule has 8 nitrogen and oxygen atoms in total. The predicted octanol–water partition coefficient (Wildman–Crippen LogP) is 4.41. The van der Waals surface area contributed by atoms with Crippen molar-refractivity contribution in [3.8, 4) is 16.9 Å². The number of carboxylic acid groups (broad SMARTS) is 1. The second kappa shape index (κ2) is 10.3. The smallest absolute Gasteiger partial charge is 0.407 e. The average molecular weight is 475 g/mol. The molecule has 0 heterocycles. The Balaban J connectivity index is 1.43. The largest absolute Gasteiger partial charge is 0.508 e. The predicted molar refractivity (Wildman–Crippen MR) is 130 cm³/mol. The van der Waals surface area contributed by atoms with Gasteiger partial charge in [-0.25, -0.2) is 4.79 Å². The van der Waals surface area contributed by atoms with E-state index in [1.807, 2.05) is 48.5 Å². The van der Waals surface area contributed by atoms with Crippen LogP contribution in [0.5, 0.6) is 5.75 Å². The van der Waals surface area contributed by atoms with Crippen LogP contribution in [0, 0.1) is 6.92 Å². The molecule has 4 N–H and O–H groups in total. The number of alkyl carbamates (subject to hydrolysis) is 1. The second-order valence-corrected chi connectivity index (χ2v) is 8.50. The summed E-state index contributed by atoms with van der Waals surface area (Å²) in [4.78, 5) is 36.5. The minimum atomic E-state index is -1.13. The zero-order chi connectivity index (χ0) is 24.9. The van der Waals surface area contributed by atoms with E-state index in [2.05, 4.69) is 10.6 Å². The molecule has 0 spiro atoms. The standard InChI is InChI=1S/C27H26N2O6/c1-16-12-17(14-18(30)13-16)28-26(33)24(10-11-25(31)32)29-27(34)35-15-23-21-8-4-2-6-19(21)20-7-3-5-9-22(20)23/h2-9,12-14,23-24,30H,10-11,15H2,1H3,(H,28,33)(H,29,34)(H,31,32). The summed E-state index contributed by atoms with van der Waals surface area (Å²) in [6.07, 6.45) is -1.26. The molecule has 0 saturated carbocycles. The number of hydrogen-bond donors (Lipinski definition) is 4. The maximum Gasteiger partial charge on any atom is 0.407 e. The Kier molecular flexibility index (Phi) is 7.01. The highest BCUT2D eigenvalue weighted by atomic mass is 16.5. The number of phenols is 1. The molecule has 0 fully saturated rings. The molecule has 0 saturated heterocycles. The van der Waals surface area contributed by atoms with Crippen LogP contribution in [-0.4, -0.2) is 40.8 Å². The lowest BCUT2D eigenvalue weighted by Gasteiger charge is -2.19. The van der Waals surface area contributed by atoms with Crippen molar-refractivity contribution in [3.63, 3.8) is 0 Å². The molecule has 0 radical (unpaired) electrons. The number of aryl methyl sites for hydroxylation is 1. The maximum atomic E-state index is 12.8. The second-order valence-electron chi connectivity index (χ2n) is 8.50. The van der Waals surface area contributed by atoms with Crippen LogP contribution >= 0.6 is 0 Å². The van der Waals surface area contributed by atoms with Crippen molar-refractivity contribution in [2.75, 3.05) is 11.9 Å². The van der Waals surface area contributed by atoms with Gasteiger partial charge in [0.1, 0.15) is 18.4 Å². The first-order chi connectivity index (χ1) is 16.8. The Bertz CT molecular complexity index is 1210. The minimum Gasteiger partial charge on any atom is -0.508 e. The van der Waals surface area contributed by atoms with Crippen LogP contribution in [0.4, 0.5) is 10.5 Å². The molecule has 1 atom stereocenters. The van der Waals surface area contributed by atoms with Crippen molar-refractivity contribution in [3.05, 3.63) is 83.4 Å². The average Bonchev–Trinajstić information content (AvgIpc) is 3.13. The summed E-state index contributed by atoms with van der Waals surface area (Å²) < 4.78 is 5.50. The van der Waals surface area contributed by atoms with Crippen LogP contribution in [0.2, 0.25) is 0 Å². The minimum absolute atomic E-state index is 0.0214. The molecule has 0 aliphatic heterocycles. The molecular weight excluding hydrogens is 448 g/mol. The third-order valence-electron chi connectivity index (χ3n) is 5.93. The topological polar surface area (TPSA) is 125 Å². The summed E-state index contributed by atoms with van der Waals surface area (Å²) in [6, 6.07) is 19.3. The number of ether oxygens (including phenoxy) is 1. The fraction of sp³-hybridized carbons (Fsp3) is 0.222. The van der Waals surface area contributed by atoms with Gasteiger partial charge in [-0.2, -0.15) is 0 Å². The fourth-order valence-electron chi connectivity index (χ4n) is 4.38. The normalized spacial score (nSPS) is 12.8. The van der Waals surface area contributed by atoms with E-state index in [0.717, 1.165) is 27.8 Å². The number of phenolic OH excluding ortho intramolecular Hbond substituents is 1. The number of carboxylic acids is 1. The quantitative estimate of drug-likeness (QED) is 0.383. The number of amides is 2. The highest BCUT2D eigenvalue weighted by Gasteiger charge is 2.30. The number of aliphatic carboxylic acids is 1. The van der Waals surface area contributed by atoms with Gasteiger partial charge in [-0.1, -0.05) is 48.5 Å². The summed E-state index contributed by atoms with van der Waals surface area (Å²) in [5.41, 5.74) is 5.37. The molecule has 1 unspecified atom stereocenters. The first-order valence-electron chi connectivity index (χ1n) is 11.3. The van der Waals surface area contributed by atoms with Crippen molar-refractivity contribution < 1.29 is 29.3 Å². The van der Waals surface area contributed by atoms with E-state index in [9.17, 15) is 19.5 Å². The number of nitrogens with one attached hydrogen (secondary N) is 2. The maximum absolute atomic E-state index is 12.8. The zero-order valence-corrected chi connectivity index (χ0v) is 19.2. The Morgan fingerprint density at radius 2 is 1.60 bits per heavy atom. The van der Waals surface area contributed by atoms with E-state index in [1.54, 1.807) is 13.0 Å². The van der Waals surface area contributed by atoms with Crippen molar-refractivity contribution >= 4 is 23.7 Å². The summed E-state index contributed by atoms with van der Waals surface area (Å²) in [6.45, 7) is 1.82. The molecule has 3 aromatic rings. The SMILES string of the molecule is Cc1cc(O)cc(NC(=O)C(CCC(=O)O)NC(=O)OCC2c3ccccc3-c3ccccc32)c1. The Hall–Kier alpha value is -4.33. The monoisotopic (exact) mass is 474 g/mol. The van der Waals surface area contributed by atoms with E-state index >= 15 is 0 Å². The van der Waals surface area contributed by atoms with Gasteiger partial charge in [0.2, 0.25) is 5.91 Å². The lowest BCUT2D eigenvalue weighted by Crippen LogP contribution is -2.44. The molecule has 1 aliphatic rings. The van der Waals surface area contributed by atoms with Gasteiger partial charge in [0.15, 0.2) is 0 Å². The van der Waals surface area contributed by atoms with E-state index in [4.69, 9.17) is 9.84 Å². The summed E-state index contributed by atoms with van der Waals surface area (Å²) in [5, 5.41) is 23.9. The number of benzene rings is 3. The number of aromatic hydroxyl groups is 1. The van der Waals surface area contributed by atoms with Crippen LogP contribution < -0.4 is 10.6 Å². The van der Waals surface area contributed by atoms with Crippen LogP contribution in [-0.2, 0) is 14.3 Å². The zero-order valence-electron chi connectivity index (χ0n) is 19.2. The number of fused-ring (bicyclic) bond motifs is 3. The van der Waals surface area contributed by atoms with Gasteiger partial charge in [-0.05, 0) is 53.3 Å². The summed E-state index contributed by atoms with van der Waals surface area (Å²) in [7, 11) is 0. The van der Waals surface area contributed by atoms with Crippen molar-refractivity contribution in [2.24, 2.45) is 0 Å². The number of carbonyl (C=O) groups excluding carboxylic acids is 2. The molecule has 8 heteroatoms. The van der Waals surface area contributed by atoms with Gasteiger partial charge in [-0.3, -0.25) is 9.59 Å². The first-order valence-corrected chi connectivity index (χ1v) is 11.3. The van der Waals surface area contributed by atoms with E-state index in [0.29, 0.717) is 5.69 Å². The van der Waals surface area contributed by atoms with E-state index in [-0.39, 0.29) is 31.1 Å². The Labute approximate surface area is 202 Å². The third kappa shape index (κ3) is 5.60. The van der Waals surface area contributed by atoms with Gasteiger partial charge in [0, 0.05) is 24.1 Å². The van der Waals surface area contributed by atoms with Crippen LogP contribution in [0.1, 0.15) is 35.4 Å².